The zero-order valence-corrected chi connectivity index (χ0v) is 11.9. The van der Waals surface area contributed by atoms with E-state index in [9.17, 15) is 0 Å². The van der Waals surface area contributed by atoms with Crippen LogP contribution in [0.5, 0.6) is 5.75 Å². The first-order chi connectivity index (χ1) is 8.60. The standard InChI is InChI=1S/C14H15BrN2O/c1-9-7-11(16)4-5-12(9)17-13-8-10(15)3-6-14(13)18-2/h3-8,17H,16H2,1-2H3. The summed E-state index contributed by atoms with van der Waals surface area (Å²) in [4.78, 5) is 0. The van der Waals surface area contributed by atoms with E-state index in [1.807, 2.05) is 43.3 Å². The van der Waals surface area contributed by atoms with Gasteiger partial charge in [0.2, 0.25) is 0 Å². The second kappa shape index (κ2) is 5.31. The number of ether oxygens (including phenoxy) is 1. The molecule has 0 saturated heterocycles. The van der Waals surface area contributed by atoms with E-state index in [2.05, 4.69) is 21.2 Å². The van der Waals surface area contributed by atoms with Crippen LogP contribution in [0.3, 0.4) is 0 Å². The van der Waals surface area contributed by atoms with Crippen LogP contribution in [0.2, 0.25) is 0 Å². The van der Waals surface area contributed by atoms with Crippen molar-refractivity contribution in [2.45, 2.75) is 6.92 Å². The van der Waals surface area contributed by atoms with Crippen LogP contribution in [-0.4, -0.2) is 7.11 Å². The molecule has 0 unspecified atom stereocenters. The molecule has 0 bridgehead atoms. The van der Waals surface area contributed by atoms with Crippen molar-refractivity contribution in [1.29, 1.82) is 0 Å². The fraction of sp³-hybridized carbons (Fsp3) is 0.143. The summed E-state index contributed by atoms with van der Waals surface area (Å²) in [5.41, 5.74) is 9.53. The van der Waals surface area contributed by atoms with Gasteiger partial charge in [0.05, 0.1) is 12.8 Å². The summed E-state index contributed by atoms with van der Waals surface area (Å²) in [6.45, 7) is 2.02. The highest BCUT2D eigenvalue weighted by Crippen LogP contribution is 2.32. The van der Waals surface area contributed by atoms with Gasteiger partial charge in [-0.25, -0.2) is 0 Å². The molecule has 0 atom stereocenters. The Morgan fingerprint density at radius 2 is 1.89 bits per heavy atom. The third-order valence-electron chi connectivity index (χ3n) is 2.68. The van der Waals surface area contributed by atoms with Gasteiger partial charge in [-0.1, -0.05) is 15.9 Å². The minimum atomic E-state index is 0.763. The van der Waals surface area contributed by atoms with E-state index in [0.29, 0.717) is 0 Å². The van der Waals surface area contributed by atoms with Crippen molar-refractivity contribution in [3.8, 4) is 5.75 Å². The van der Waals surface area contributed by atoms with Gasteiger partial charge in [0.1, 0.15) is 5.75 Å². The Bertz CT molecular complexity index is 570. The minimum absolute atomic E-state index is 0.763. The second-order valence-electron chi connectivity index (χ2n) is 4.04. The number of hydrogen-bond acceptors (Lipinski definition) is 3. The predicted molar refractivity (Wildman–Crippen MR) is 79.6 cm³/mol. The van der Waals surface area contributed by atoms with Gasteiger partial charge in [-0.05, 0) is 48.9 Å². The first-order valence-corrected chi connectivity index (χ1v) is 6.36. The number of halogens is 1. The lowest BCUT2D eigenvalue weighted by Gasteiger charge is -2.13. The molecule has 3 N–H and O–H groups in total. The van der Waals surface area contributed by atoms with E-state index in [1.54, 1.807) is 7.11 Å². The molecule has 0 spiro atoms. The van der Waals surface area contributed by atoms with Gasteiger partial charge in [0, 0.05) is 15.8 Å². The Morgan fingerprint density at radius 3 is 2.56 bits per heavy atom. The third kappa shape index (κ3) is 2.76. The van der Waals surface area contributed by atoms with Crippen molar-refractivity contribution in [3.05, 3.63) is 46.4 Å². The summed E-state index contributed by atoms with van der Waals surface area (Å²) >= 11 is 3.45. The number of benzene rings is 2. The van der Waals surface area contributed by atoms with Crippen molar-refractivity contribution < 1.29 is 4.74 Å². The average Bonchev–Trinajstić information content (AvgIpc) is 2.33. The van der Waals surface area contributed by atoms with Gasteiger partial charge in [0.25, 0.3) is 0 Å². The van der Waals surface area contributed by atoms with Crippen LogP contribution in [0, 0.1) is 6.92 Å². The second-order valence-corrected chi connectivity index (χ2v) is 4.96. The van der Waals surface area contributed by atoms with Crippen LogP contribution in [0.4, 0.5) is 17.1 Å². The van der Waals surface area contributed by atoms with Crippen molar-refractivity contribution in [2.75, 3.05) is 18.2 Å². The summed E-state index contributed by atoms with van der Waals surface area (Å²) in [6, 6.07) is 11.6. The highest BCUT2D eigenvalue weighted by atomic mass is 79.9. The molecule has 4 heteroatoms. The van der Waals surface area contributed by atoms with Crippen LogP contribution < -0.4 is 15.8 Å². The van der Waals surface area contributed by atoms with Crippen molar-refractivity contribution in [1.82, 2.24) is 0 Å². The SMILES string of the molecule is COc1ccc(Br)cc1Nc1ccc(N)cc1C. The van der Waals surface area contributed by atoms with Crippen LogP contribution in [0.1, 0.15) is 5.56 Å². The summed E-state index contributed by atoms with van der Waals surface area (Å²) in [5.74, 6) is 0.800. The van der Waals surface area contributed by atoms with Gasteiger partial charge < -0.3 is 15.8 Å². The molecule has 2 rings (SSSR count). The maximum Gasteiger partial charge on any atom is 0.142 e. The van der Waals surface area contributed by atoms with Gasteiger partial charge >= 0.3 is 0 Å². The first-order valence-electron chi connectivity index (χ1n) is 5.57. The van der Waals surface area contributed by atoms with Crippen LogP contribution in [-0.2, 0) is 0 Å². The number of nitrogens with two attached hydrogens (primary N) is 1. The number of anilines is 3. The van der Waals surface area contributed by atoms with E-state index in [1.165, 1.54) is 0 Å². The third-order valence-corrected chi connectivity index (χ3v) is 3.17. The molecule has 2 aromatic rings. The molecule has 3 nitrogen and oxygen atoms in total. The molecular formula is C14H15BrN2O. The van der Waals surface area contributed by atoms with Gasteiger partial charge in [-0.2, -0.15) is 0 Å². The molecule has 18 heavy (non-hydrogen) atoms. The fourth-order valence-corrected chi connectivity index (χ4v) is 2.11. The van der Waals surface area contributed by atoms with Gasteiger partial charge in [-0.15, -0.1) is 0 Å². The lowest BCUT2D eigenvalue weighted by Crippen LogP contribution is -1.97. The van der Waals surface area contributed by atoms with Crippen molar-refractivity contribution in [2.24, 2.45) is 0 Å². The van der Waals surface area contributed by atoms with E-state index in [4.69, 9.17) is 10.5 Å². The quantitative estimate of drug-likeness (QED) is 0.840. The minimum Gasteiger partial charge on any atom is -0.495 e. The van der Waals surface area contributed by atoms with Crippen LogP contribution in [0.15, 0.2) is 40.9 Å². The van der Waals surface area contributed by atoms with Crippen LogP contribution >= 0.6 is 15.9 Å². The number of nitrogen functional groups attached to an aromatic ring is 1. The maximum atomic E-state index is 5.74. The molecule has 0 amide bonds. The molecular weight excluding hydrogens is 292 g/mol. The molecule has 0 aliphatic carbocycles. The van der Waals surface area contributed by atoms with Crippen LogP contribution in [0.25, 0.3) is 0 Å². The molecule has 94 valence electrons. The Balaban J connectivity index is 2.36. The summed E-state index contributed by atoms with van der Waals surface area (Å²) < 4.78 is 6.33. The molecule has 0 aliphatic rings. The lowest BCUT2D eigenvalue weighted by atomic mass is 10.1. The van der Waals surface area contributed by atoms with E-state index < -0.39 is 0 Å². The molecule has 0 aromatic heterocycles. The number of methoxy groups -OCH3 is 1. The first kappa shape index (κ1) is 12.8. The molecule has 0 saturated carbocycles. The molecule has 0 aliphatic heterocycles. The van der Waals surface area contributed by atoms with Gasteiger partial charge in [-0.3, -0.25) is 0 Å². The number of rotatable bonds is 3. The highest BCUT2D eigenvalue weighted by Gasteiger charge is 2.05. The van der Waals surface area contributed by atoms with E-state index in [-0.39, 0.29) is 0 Å². The maximum absolute atomic E-state index is 5.74. The number of hydrogen-bond donors (Lipinski definition) is 2. The van der Waals surface area contributed by atoms with E-state index in [0.717, 1.165) is 32.8 Å². The summed E-state index contributed by atoms with van der Waals surface area (Å²) in [7, 11) is 1.66. The number of nitrogens with one attached hydrogen (secondary N) is 1. The Labute approximate surface area is 115 Å². The predicted octanol–water partition coefficient (Wildman–Crippen LogP) is 4.09. The zero-order chi connectivity index (χ0) is 13.1. The summed E-state index contributed by atoms with van der Waals surface area (Å²) in [6.07, 6.45) is 0. The molecule has 2 aromatic carbocycles. The van der Waals surface area contributed by atoms with Crippen molar-refractivity contribution >= 4 is 33.0 Å². The smallest absolute Gasteiger partial charge is 0.142 e. The topological polar surface area (TPSA) is 47.3 Å². The lowest BCUT2D eigenvalue weighted by molar-refractivity contribution is 0.417. The number of aryl methyl sites for hydroxylation is 1. The molecule has 0 radical (unpaired) electrons. The molecule has 0 fully saturated rings. The molecule has 0 heterocycles. The Kier molecular flexibility index (Phi) is 3.77. The highest BCUT2D eigenvalue weighted by molar-refractivity contribution is 9.10. The summed E-state index contributed by atoms with van der Waals surface area (Å²) in [5, 5.41) is 3.35. The monoisotopic (exact) mass is 306 g/mol. The van der Waals surface area contributed by atoms with Gasteiger partial charge in [0.15, 0.2) is 0 Å². The largest absolute Gasteiger partial charge is 0.495 e. The van der Waals surface area contributed by atoms with E-state index >= 15 is 0 Å². The van der Waals surface area contributed by atoms with Crippen molar-refractivity contribution in [3.63, 3.8) is 0 Å². The Morgan fingerprint density at radius 1 is 1.11 bits per heavy atom. The average molecular weight is 307 g/mol. The fourth-order valence-electron chi connectivity index (χ4n) is 1.75. The normalized spacial score (nSPS) is 10.2. The Hall–Kier alpha value is -1.68. The zero-order valence-electron chi connectivity index (χ0n) is 10.3.